The lowest BCUT2D eigenvalue weighted by molar-refractivity contribution is -0.135. The normalized spacial score (nSPS) is 23.2. The molecule has 138 valence electrons. The first-order valence-corrected chi connectivity index (χ1v) is 8.35. The number of amides is 1. The van der Waals surface area contributed by atoms with Crippen LogP contribution in [0.2, 0.25) is 0 Å². The Kier molecular flexibility index (Phi) is 6.54. The van der Waals surface area contributed by atoms with Crippen molar-refractivity contribution in [2.24, 2.45) is 11.7 Å². The van der Waals surface area contributed by atoms with E-state index in [1.54, 1.807) is 0 Å². The first-order valence-electron chi connectivity index (χ1n) is 8.35. The molecule has 0 radical (unpaired) electrons. The Labute approximate surface area is 159 Å². The molecule has 2 heterocycles. The van der Waals surface area contributed by atoms with E-state index in [9.17, 15) is 4.79 Å². The zero-order valence-corrected chi connectivity index (χ0v) is 15.6. The SMILES string of the molecule is Cl.Cl.NC1CCC(C(=O)N2CCN(c3nc4ccccc4o3)CC2)C1. The molecule has 1 saturated heterocycles. The van der Waals surface area contributed by atoms with E-state index in [-0.39, 0.29) is 42.7 Å². The molecule has 1 aromatic carbocycles. The van der Waals surface area contributed by atoms with Gasteiger partial charge in [0.05, 0.1) is 0 Å². The topological polar surface area (TPSA) is 75.6 Å². The fourth-order valence-electron chi connectivity index (χ4n) is 3.61. The highest BCUT2D eigenvalue weighted by atomic mass is 35.5. The van der Waals surface area contributed by atoms with E-state index < -0.39 is 0 Å². The molecule has 0 spiro atoms. The van der Waals surface area contributed by atoms with Gasteiger partial charge in [-0.1, -0.05) is 12.1 Å². The first kappa shape index (κ1) is 19.8. The van der Waals surface area contributed by atoms with Crippen molar-refractivity contribution in [1.82, 2.24) is 9.88 Å². The van der Waals surface area contributed by atoms with Gasteiger partial charge in [-0.3, -0.25) is 4.79 Å². The average Bonchev–Trinajstić information content (AvgIpc) is 3.20. The Morgan fingerprint density at radius 1 is 1.12 bits per heavy atom. The van der Waals surface area contributed by atoms with Crippen LogP contribution in [0.15, 0.2) is 28.7 Å². The van der Waals surface area contributed by atoms with Gasteiger partial charge < -0.3 is 20.0 Å². The van der Waals surface area contributed by atoms with Crippen LogP contribution in [0.3, 0.4) is 0 Å². The average molecular weight is 387 g/mol. The zero-order chi connectivity index (χ0) is 15.8. The highest BCUT2D eigenvalue weighted by Gasteiger charge is 2.33. The van der Waals surface area contributed by atoms with Crippen LogP contribution in [0.25, 0.3) is 11.1 Å². The number of carbonyl (C=O) groups excluding carboxylic acids is 1. The Balaban J connectivity index is 0.00000113. The van der Waals surface area contributed by atoms with Crippen molar-refractivity contribution in [2.75, 3.05) is 31.1 Å². The van der Waals surface area contributed by atoms with Crippen LogP contribution in [-0.4, -0.2) is 48.0 Å². The standard InChI is InChI=1S/C17H22N4O2.2ClH/c18-13-6-5-12(11-13)16(22)20-7-9-21(10-8-20)17-19-14-3-1-2-4-15(14)23-17;;/h1-4,12-13H,5-11,18H2;2*1H. The summed E-state index contributed by atoms with van der Waals surface area (Å²) < 4.78 is 5.81. The number of benzene rings is 1. The maximum Gasteiger partial charge on any atom is 0.298 e. The quantitative estimate of drug-likeness (QED) is 0.857. The summed E-state index contributed by atoms with van der Waals surface area (Å²) >= 11 is 0. The number of para-hydroxylation sites is 2. The predicted octanol–water partition coefficient (Wildman–Crippen LogP) is 2.45. The molecule has 2 fully saturated rings. The number of carbonyl (C=O) groups is 1. The molecule has 2 N–H and O–H groups in total. The van der Waals surface area contributed by atoms with Crippen LogP contribution in [0, 0.1) is 5.92 Å². The smallest absolute Gasteiger partial charge is 0.298 e. The van der Waals surface area contributed by atoms with Gasteiger partial charge in [0.15, 0.2) is 5.58 Å². The lowest BCUT2D eigenvalue weighted by Crippen LogP contribution is -2.50. The Bertz CT molecular complexity index is 682. The summed E-state index contributed by atoms with van der Waals surface area (Å²) in [7, 11) is 0. The minimum Gasteiger partial charge on any atom is -0.423 e. The summed E-state index contributed by atoms with van der Waals surface area (Å²) in [5.41, 5.74) is 7.61. The molecule has 1 aliphatic carbocycles. The van der Waals surface area contributed by atoms with Crippen LogP contribution in [0.1, 0.15) is 19.3 Å². The Morgan fingerprint density at radius 3 is 2.48 bits per heavy atom. The van der Waals surface area contributed by atoms with Crippen LogP contribution in [0.4, 0.5) is 6.01 Å². The summed E-state index contributed by atoms with van der Waals surface area (Å²) in [6.07, 6.45) is 2.74. The maximum atomic E-state index is 12.5. The van der Waals surface area contributed by atoms with Crippen molar-refractivity contribution < 1.29 is 9.21 Å². The summed E-state index contributed by atoms with van der Waals surface area (Å²) in [5.74, 6) is 0.399. The number of anilines is 1. The van der Waals surface area contributed by atoms with Crippen LogP contribution in [0.5, 0.6) is 0 Å². The number of oxazole rings is 1. The third kappa shape index (κ3) is 4.02. The second-order valence-corrected chi connectivity index (χ2v) is 6.55. The number of fused-ring (bicyclic) bond motifs is 1. The van der Waals surface area contributed by atoms with Crippen molar-refractivity contribution in [3.63, 3.8) is 0 Å². The van der Waals surface area contributed by atoms with E-state index in [4.69, 9.17) is 10.2 Å². The summed E-state index contributed by atoms with van der Waals surface area (Å²) in [6, 6.07) is 8.63. The van der Waals surface area contributed by atoms with Crippen LogP contribution in [-0.2, 0) is 4.79 Å². The van der Waals surface area contributed by atoms with Gasteiger partial charge in [-0.15, -0.1) is 24.8 Å². The number of hydrogen-bond acceptors (Lipinski definition) is 5. The molecule has 6 nitrogen and oxygen atoms in total. The lowest BCUT2D eigenvalue weighted by Gasteiger charge is -2.35. The zero-order valence-electron chi connectivity index (χ0n) is 14.0. The van der Waals surface area contributed by atoms with Gasteiger partial charge in [0, 0.05) is 38.1 Å². The second kappa shape index (κ2) is 8.25. The number of aromatic nitrogens is 1. The van der Waals surface area contributed by atoms with Crippen molar-refractivity contribution in [3.8, 4) is 0 Å². The van der Waals surface area contributed by atoms with Gasteiger partial charge in [-0.05, 0) is 31.4 Å². The van der Waals surface area contributed by atoms with E-state index in [1.165, 1.54) is 0 Å². The van der Waals surface area contributed by atoms with Gasteiger partial charge in [0.1, 0.15) is 5.52 Å². The molecule has 1 aliphatic heterocycles. The fourth-order valence-corrected chi connectivity index (χ4v) is 3.61. The van der Waals surface area contributed by atoms with Gasteiger partial charge in [-0.2, -0.15) is 4.98 Å². The highest BCUT2D eigenvalue weighted by Crippen LogP contribution is 2.27. The van der Waals surface area contributed by atoms with Crippen LogP contribution < -0.4 is 10.6 Å². The molecular weight excluding hydrogens is 363 g/mol. The molecule has 8 heteroatoms. The maximum absolute atomic E-state index is 12.5. The van der Waals surface area contributed by atoms with E-state index in [1.807, 2.05) is 29.2 Å². The van der Waals surface area contributed by atoms with Gasteiger partial charge in [0.25, 0.3) is 6.01 Å². The largest absolute Gasteiger partial charge is 0.423 e. The van der Waals surface area contributed by atoms with E-state index in [0.717, 1.165) is 56.5 Å². The third-order valence-electron chi connectivity index (χ3n) is 4.97. The number of piperazine rings is 1. The van der Waals surface area contributed by atoms with Gasteiger partial charge >= 0.3 is 0 Å². The first-order chi connectivity index (χ1) is 11.2. The van der Waals surface area contributed by atoms with E-state index in [2.05, 4.69) is 9.88 Å². The molecule has 2 unspecified atom stereocenters. The molecule has 2 atom stereocenters. The molecular formula is C17H24Cl2N4O2. The minimum absolute atomic E-state index is 0. The third-order valence-corrected chi connectivity index (χ3v) is 4.97. The number of hydrogen-bond donors (Lipinski definition) is 1. The minimum atomic E-state index is 0. The fraction of sp³-hybridized carbons (Fsp3) is 0.529. The Morgan fingerprint density at radius 2 is 1.84 bits per heavy atom. The van der Waals surface area contributed by atoms with Crippen LogP contribution >= 0.6 is 24.8 Å². The monoisotopic (exact) mass is 386 g/mol. The van der Waals surface area contributed by atoms with Crippen molar-refractivity contribution >= 4 is 47.8 Å². The van der Waals surface area contributed by atoms with Crippen molar-refractivity contribution in [1.29, 1.82) is 0 Å². The van der Waals surface area contributed by atoms with Crippen molar-refractivity contribution in [3.05, 3.63) is 24.3 Å². The molecule has 1 amide bonds. The van der Waals surface area contributed by atoms with E-state index in [0.29, 0.717) is 6.01 Å². The Hall–Kier alpha value is -1.50. The number of halogens is 2. The summed E-state index contributed by atoms with van der Waals surface area (Å²) in [5, 5.41) is 0. The predicted molar refractivity (Wildman–Crippen MR) is 103 cm³/mol. The molecule has 25 heavy (non-hydrogen) atoms. The van der Waals surface area contributed by atoms with Crippen molar-refractivity contribution in [2.45, 2.75) is 25.3 Å². The summed E-state index contributed by atoms with van der Waals surface area (Å²) in [6.45, 7) is 2.97. The molecule has 0 bridgehead atoms. The summed E-state index contributed by atoms with van der Waals surface area (Å²) in [4.78, 5) is 21.2. The van der Waals surface area contributed by atoms with E-state index >= 15 is 0 Å². The number of nitrogens with zero attached hydrogens (tertiary/aromatic N) is 3. The molecule has 2 aromatic rings. The molecule has 2 aliphatic rings. The number of rotatable bonds is 2. The number of nitrogens with two attached hydrogens (primary N) is 1. The lowest BCUT2D eigenvalue weighted by atomic mass is 10.1. The molecule has 1 aromatic heterocycles. The van der Waals surface area contributed by atoms with Gasteiger partial charge in [-0.25, -0.2) is 0 Å². The van der Waals surface area contributed by atoms with Gasteiger partial charge in [0.2, 0.25) is 5.91 Å². The highest BCUT2D eigenvalue weighted by molar-refractivity contribution is 5.85. The molecule has 1 saturated carbocycles. The molecule has 4 rings (SSSR count). The second-order valence-electron chi connectivity index (χ2n) is 6.55.